The van der Waals surface area contributed by atoms with Crippen molar-refractivity contribution in [2.24, 2.45) is 10.1 Å². The van der Waals surface area contributed by atoms with Gasteiger partial charge in [-0.15, -0.1) is 0 Å². The number of nitrogens with two attached hydrogens (primary N) is 1. The number of hydrogen-bond acceptors (Lipinski definition) is 5. The number of primary sulfonamides is 1. The van der Waals surface area contributed by atoms with Gasteiger partial charge in [0.05, 0.1) is 12.0 Å². The molecule has 0 bridgehead atoms. The molecule has 0 atom stereocenters. The van der Waals surface area contributed by atoms with E-state index in [1.54, 1.807) is 36.5 Å². The van der Waals surface area contributed by atoms with E-state index in [4.69, 9.17) is 9.88 Å². The third-order valence-electron chi connectivity index (χ3n) is 3.26. The van der Waals surface area contributed by atoms with Gasteiger partial charge in [0, 0.05) is 18.3 Å². The van der Waals surface area contributed by atoms with E-state index < -0.39 is 10.0 Å². The predicted octanol–water partition coefficient (Wildman–Crippen LogP) is 1.71. The molecule has 0 saturated carbocycles. The molecule has 7 heteroatoms. The lowest BCUT2D eigenvalue weighted by Gasteiger charge is -2.05. The fourth-order valence-corrected chi connectivity index (χ4v) is 2.53. The molecule has 0 saturated heterocycles. The topological polar surface area (TPSA) is 102 Å². The monoisotopic (exact) mass is 334 g/mol. The van der Waals surface area contributed by atoms with Crippen molar-refractivity contribution in [2.45, 2.75) is 11.3 Å². The maximum Gasteiger partial charge on any atom is 0.238 e. The Balaban J connectivity index is 1.97. The van der Waals surface area contributed by atoms with Gasteiger partial charge in [0.15, 0.2) is 11.5 Å². The highest BCUT2D eigenvalue weighted by molar-refractivity contribution is 7.89. The van der Waals surface area contributed by atoms with Gasteiger partial charge >= 0.3 is 0 Å². The summed E-state index contributed by atoms with van der Waals surface area (Å²) >= 11 is 0. The molecule has 122 valence electrons. The van der Waals surface area contributed by atoms with Gasteiger partial charge in [-0.3, -0.25) is 4.99 Å². The fraction of sp³-hybridized carbons (Fsp3) is 0.188. The number of aliphatic imine (C=N–C) groups is 1. The standard InChI is InChI=1S/C16H18N2O4S/c1-22-15-4-2-3-13(16(15)19)11-18-10-9-12-5-7-14(8-6-12)23(17,20)21/h2-8,11,19H,9-10H2,1H3,(H2,17,20,21). The zero-order valence-electron chi connectivity index (χ0n) is 12.6. The molecule has 0 spiro atoms. The number of phenols is 1. The Kier molecular flexibility index (Phi) is 5.36. The largest absolute Gasteiger partial charge is 0.504 e. The van der Waals surface area contributed by atoms with Crippen LogP contribution in [0.15, 0.2) is 52.4 Å². The second-order valence-electron chi connectivity index (χ2n) is 4.87. The Bertz CT molecular complexity index is 799. The van der Waals surface area contributed by atoms with Crippen LogP contribution in [0.1, 0.15) is 11.1 Å². The van der Waals surface area contributed by atoms with Crippen LogP contribution in [0.4, 0.5) is 0 Å². The summed E-state index contributed by atoms with van der Waals surface area (Å²) in [5.41, 5.74) is 1.53. The van der Waals surface area contributed by atoms with Crippen LogP contribution in [0.25, 0.3) is 0 Å². The van der Waals surface area contributed by atoms with Gasteiger partial charge in [-0.1, -0.05) is 18.2 Å². The molecular formula is C16H18N2O4S. The van der Waals surface area contributed by atoms with Gasteiger partial charge in [-0.2, -0.15) is 0 Å². The summed E-state index contributed by atoms with van der Waals surface area (Å²) in [5.74, 6) is 0.448. The second-order valence-corrected chi connectivity index (χ2v) is 6.43. The quantitative estimate of drug-likeness (QED) is 0.785. The minimum Gasteiger partial charge on any atom is -0.504 e. The molecule has 0 aliphatic rings. The lowest BCUT2D eigenvalue weighted by Crippen LogP contribution is -2.11. The Labute approximate surface area is 135 Å². The van der Waals surface area contributed by atoms with Crippen LogP contribution in [-0.2, 0) is 16.4 Å². The number of sulfonamides is 1. The summed E-state index contributed by atoms with van der Waals surface area (Å²) < 4.78 is 27.4. The van der Waals surface area contributed by atoms with Crippen LogP contribution < -0.4 is 9.88 Å². The van der Waals surface area contributed by atoms with E-state index in [1.807, 2.05) is 0 Å². The Morgan fingerprint density at radius 3 is 2.52 bits per heavy atom. The van der Waals surface area contributed by atoms with Crippen molar-refractivity contribution in [2.75, 3.05) is 13.7 Å². The number of aromatic hydroxyl groups is 1. The van der Waals surface area contributed by atoms with E-state index in [0.29, 0.717) is 24.3 Å². The van der Waals surface area contributed by atoms with Gasteiger partial charge in [0.1, 0.15) is 0 Å². The molecule has 0 unspecified atom stereocenters. The molecule has 2 aromatic rings. The molecule has 0 aromatic heterocycles. The summed E-state index contributed by atoms with van der Waals surface area (Å²) in [7, 11) is -2.17. The SMILES string of the molecule is COc1cccc(C=NCCc2ccc(S(N)(=O)=O)cc2)c1O. The zero-order chi connectivity index (χ0) is 16.9. The van der Waals surface area contributed by atoms with Crippen molar-refractivity contribution in [3.05, 3.63) is 53.6 Å². The van der Waals surface area contributed by atoms with Crippen molar-refractivity contribution in [1.29, 1.82) is 0 Å². The third-order valence-corrected chi connectivity index (χ3v) is 4.19. The molecular weight excluding hydrogens is 316 g/mol. The maximum atomic E-state index is 11.2. The Hall–Kier alpha value is -2.38. The van der Waals surface area contributed by atoms with Crippen LogP contribution in [0, 0.1) is 0 Å². The van der Waals surface area contributed by atoms with E-state index >= 15 is 0 Å². The van der Waals surface area contributed by atoms with Crippen LogP contribution in [0.3, 0.4) is 0 Å². The predicted molar refractivity (Wildman–Crippen MR) is 88.6 cm³/mol. The molecule has 2 aromatic carbocycles. The summed E-state index contributed by atoms with van der Waals surface area (Å²) in [4.78, 5) is 4.35. The van der Waals surface area contributed by atoms with Crippen molar-refractivity contribution in [3.63, 3.8) is 0 Å². The molecule has 0 aliphatic heterocycles. The summed E-state index contributed by atoms with van der Waals surface area (Å²) in [6.07, 6.45) is 2.22. The molecule has 3 N–H and O–H groups in total. The van der Waals surface area contributed by atoms with Crippen LogP contribution >= 0.6 is 0 Å². The highest BCUT2D eigenvalue weighted by atomic mass is 32.2. The number of methoxy groups -OCH3 is 1. The van der Waals surface area contributed by atoms with Crippen molar-refractivity contribution in [1.82, 2.24) is 0 Å². The molecule has 0 radical (unpaired) electrons. The van der Waals surface area contributed by atoms with E-state index in [9.17, 15) is 13.5 Å². The molecule has 0 heterocycles. The molecule has 0 fully saturated rings. The second kappa shape index (κ2) is 7.26. The first-order valence-electron chi connectivity index (χ1n) is 6.89. The van der Waals surface area contributed by atoms with E-state index in [1.165, 1.54) is 19.2 Å². The van der Waals surface area contributed by atoms with Gasteiger partial charge in [0.2, 0.25) is 10.0 Å². The molecule has 0 aliphatic carbocycles. The first-order chi connectivity index (χ1) is 10.9. The normalized spacial score (nSPS) is 11.7. The first-order valence-corrected chi connectivity index (χ1v) is 8.44. The number of rotatable bonds is 6. The lowest BCUT2D eigenvalue weighted by atomic mass is 10.1. The molecule has 23 heavy (non-hydrogen) atoms. The van der Waals surface area contributed by atoms with Gasteiger partial charge in [-0.25, -0.2) is 13.6 Å². The smallest absolute Gasteiger partial charge is 0.238 e. The van der Waals surface area contributed by atoms with Crippen LogP contribution in [0.5, 0.6) is 11.5 Å². The average Bonchev–Trinajstić information content (AvgIpc) is 2.52. The number of ether oxygens (including phenoxy) is 1. The molecule has 6 nitrogen and oxygen atoms in total. The maximum absolute atomic E-state index is 11.2. The number of hydrogen-bond donors (Lipinski definition) is 2. The number of para-hydroxylation sites is 1. The Morgan fingerprint density at radius 1 is 1.22 bits per heavy atom. The lowest BCUT2D eigenvalue weighted by molar-refractivity contribution is 0.373. The summed E-state index contributed by atoms with van der Waals surface area (Å²) in [6, 6.07) is 11.5. The minimum atomic E-state index is -3.66. The minimum absolute atomic E-state index is 0.0521. The van der Waals surface area contributed by atoms with Crippen LogP contribution in [0.2, 0.25) is 0 Å². The van der Waals surface area contributed by atoms with Crippen molar-refractivity contribution >= 4 is 16.2 Å². The number of benzene rings is 2. The summed E-state index contributed by atoms with van der Waals surface area (Å²) in [6.45, 7) is 0.505. The van der Waals surface area contributed by atoms with Gasteiger partial charge in [0.25, 0.3) is 0 Å². The number of nitrogens with zero attached hydrogens (tertiary/aromatic N) is 1. The average molecular weight is 334 g/mol. The van der Waals surface area contributed by atoms with Gasteiger partial charge < -0.3 is 9.84 Å². The fourth-order valence-electron chi connectivity index (χ4n) is 2.01. The van der Waals surface area contributed by atoms with E-state index in [-0.39, 0.29) is 10.6 Å². The van der Waals surface area contributed by atoms with Crippen molar-refractivity contribution < 1.29 is 18.3 Å². The highest BCUT2D eigenvalue weighted by Gasteiger charge is 2.06. The Morgan fingerprint density at radius 2 is 1.91 bits per heavy atom. The first kappa shape index (κ1) is 17.0. The van der Waals surface area contributed by atoms with E-state index in [0.717, 1.165) is 5.56 Å². The molecule has 0 amide bonds. The highest BCUT2D eigenvalue weighted by Crippen LogP contribution is 2.27. The van der Waals surface area contributed by atoms with Gasteiger partial charge in [-0.05, 0) is 36.2 Å². The zero-order valence-corrected chi connectivity index (χ0v) is 13.5. The van der Waals surface area contributed by atoms with Crippen LogP contribution in [-0.4, -0.2) is 33.4 Å². The third kappa shape index (κ3) is 4.54. The van der Waals surface area contributed by atoms with Crippen molar-refractivity contribution in [3.8, 4) is 11.5 Å². The van der Waals surface area contributed by atoms with E-state index in [2.05, 4.69) is 4.99 Å². The molecule has 2 rings (SSSR count). The summed E-state index contributed by atoms with van der Waals surface area (Å²) in [5, 5.41) is 15.0. The number of phenolic OH excluding ortho intramolecular Hbond substituents is 1.